The van der Waals surface area contributed by atoms with Crippen LogP contribution < -0.4 is 0 Å². The Morgan fingerprint density at radius 2 is 2.26 bits per heavy atom. The molecule has 2 atom stereocenters. The largest absolute Gasteiger partial charge is 0.481 e. The molecule has 23 heavy (non-hydrogen) atoms. The number of hydrogen-bond donors (Lipinski definition) is 1. The average molecular weight is 314 g/mol. The van der Waals surface area contributed by atoms with Crippen molar-refractivity contribution >= 4 is 11.9 Å². The fraction of sp³-hybridized carbons (Fsp3) is 0.375. The highest BCUT2D eigenvalue weighted by atomic mass is 16.4. The van der Waals surface area contributed by atoms with Gasteiger partial charge in [-0.25, -0.2) is 0 Å². The summed E-state index contributed by atoms with van der Waals surface area (Å²) in [6.45, 7) is 0.466. The molecule has 2 aromatic heterocycles. The van der Waals surface area contributed by atoms with Gasteiger partial charge in [-0.15, -0.1) is 0 Å². The third-order valence-corrected chi connectivity index (χ3v) is 4.18. The zero-order valence-corrected chi connectivity index (χ0v) is 12.8. The Bertz CT molecular complexity index is 713. The zero-order valence-electron chi connectivity index (χ0n) is 12.8. The number of amides is 1. The van der Waals surface area contributed by atoms with Crippen molar-refractivity contribution < 1.29 is 14.7 Å². The third kappa shape index (κ3) is 3.08. The monoisotopic (exact) mass is 314 g/mol. The molecule has 0 aliphatic carbocycles. The minimum atomic E-state index is -0.948. The number of likely N-dealkylation sites (tertiary alicyclic amines) is 1. The third-order valence-electron chi connectivity index (χ3n) is 4.18. The van der Waals surface area contributed by atoms with Gasteiger partial charge >= 0.3 is 5.97 Å². The van der Waals surface area contributed by atoms with Crippen LogP contribution in [0.4, 0.5) is 0 Å². The first-order chi connectivity index (χ1) is 11.1. The number of hydrogen-bond acceptors (Lipinski definition) is 4. The number of aromatic nitrogens is 3. The first-order valence-corrected chi connectivity index (χ1v) is 7.46. The summed E-state index contributed by atoms with van der Waals surface area (Å²) in [6, 6.07) is 3.33. The van der Waals surface area contributed by atoms with Gasteiger partial charge in [0.2, 0.25) is 5.91 Å². The maximum atomic E-state index is 12.3. The molecule has 1 fully saturated rings. The molecule has 0 aromatic carbocycles. The molecule has 1 aliphatic heterocycles. The minimum Gasteiger partial charge on any atom is -0.481 e. The Morgan fingerprint density at radius 3 is 2.87 bits per heavy atom. The van der Waals surface area contributed by atoms with Crippen molar-refractivity contribution in [3.8, 4) is 0 Å². The van der Waals surface area contributed by atoms with E-state index in [0.29, 0.717) is 13.0 Å². The van der Waals surface area contributed by atoms with E-state index < -0.39 is 17.9 Å². The van der Waals surface area contributed by atoms with Crippen molar-refractivity contribution in [1.29, 1.82) is 0 Å². The summed E-state index contributed by atoms with van der Waals surface area (Å²) in [5.74, 6) is -1.81. The summed E-state index contributed by atoms with van der Waals surface area (Å²) in [6.07, 6.45) is 7.54. The average Bonchev–Trinajstić information content (AvgIpc) is 3.09. The van der Waals surface area contributed by atoms with Gasteiger partial charge in [0.15, 0.2) is 0 Å². The molecule has 0 radical (unpaired) electrons. The smallest absolute Gasteiger partial charge is 0.309 e. The predicted molar refractivity (Wildman–Crippen MR) is 81.3 cm³/mol. The van der Waals surface area contributed by atoms with Crippen molar-refractivity contribution in [3.63, 3.8) is 0 Å². The van der Waals surface area contributed by atoms with Crippen LogP contribution in [0.1, 0.15) is 23.6 Å². The lowest BCUT2D eigenvalue weighted by Crippen LogP contribution is -2.32. The number of carboxylic acid groups (broad SMARTS) is 1. The van der Waals surface area contributed by atoms with Gasteiger partial charge in [0, 0.05) is 44.2 Å². The fourth-order valence-corrected chi connectivity index (χ4v) is 3.08. The minimum absolute atomic E-state index is 0.0297. The number of aryl methyl sites for hydroxylation is 1. The molecule has 0 bridgehead atoms. The van der Waals surface area contributed by atoms with E-state index in [1.807, 2.05) is 12.1 Å². The molecule has 0 saturated carbocycles. The molecule has 120 valence electrons. The molecule has 0 spiro atoms. The Labute approximate surface area is 133 Å². The molecular weight excluding hydrogens is 296 g/mol. The van der Waals surface area contributed by atoms with Crippen LogP contribution in [0.3, 0.4) is 0 Å². The number of carboxylic acids is 1. The zero-order chi connectivity index (χ0) is 16.4. The summed E-state index contributed by atoms with van der Waals surface area (Å²) in [4.78, 5) is 29.6. The summed E-state index contributed by atoms with van der Waals surface area (Å²) in [7, 11) is 1.77. The Morgan fingerprint density at radius 1 is 1.43 bits per heavy atom. The van der Waals surface area contributed by atoms with E-state index in [9.17, 15) is 14.7 Å². The number of carbonyl (C=O) groups is 2. The number of pyridine rings is 1. The maximum absolute atomic E-state index is 12.3. The van der Waals surface area contributed by atoms with Gasteiger partial charge in [0.1, 0.15) is 0 Å². The van der Waals surface area contributed by atoms with Crippen molar-refractivity contribution in [2.75, 3.05) is 6.54 Å². The van der Waals surface area contributed by atoms with Gasteiger partial charge in [-0.2, -0.15) is 5.10 Å². The molecule has 7 nitrogen and oxygen atoms in total. The van der Waals surface area contributed by atoms with Gasteiger partial charge in [0.25, 0.3) is 0 Å². The Hall–Kier alpha value is -2.70. The standard InChI is InChI=1S/C16H18N4O3/c1-19-10-12(9-18-19)15-13(16(22)23)7-14(21)20(15)6-4-11-3-2-5-17-8-11/h2-3,5,8-10,13,15H,4,6-7H2,1H3,(H,22,23)/t13-,15-/m1/s1. The lowest BCUT2D eigenvalue weighted by atomic mass is 9.96. The SMILES string of the molecule is Cn1cc([C@@H]2[C@H](C(=O)O)CC(=O)N2CCc2cccnc2)cn1. The molecule has 1 saturated heterocycles. The van der Waals surface area contributed by atoms with E-state index in [-0.39, 0.29) is 12.3 Å². The van der Waals surface area contributed by atoms with Crippen LogP contribution in [0.2, 0.25) is 0 Å². The van der Waals surface area contributed by atoms with Crippen molar-refractivity contribution in [1.82, 2.24) is 19.7 Å². The second-order valence-electron chi connectivity index (χ2n) is 5.74. The van der Waals surface area contributed by atoms with Crippen LogP contribution in [-0.4, -0.2) is 43.2 Å². The molecule has 1 aliphatic rings. The highest BCUT2D eigenvalue weighted by molar-refractivity contribution is 5.87. The summed E-state index contributed by atoms with van der Waals surface area (Å²) in [5, 5.41) is 13.6. The summed E-state index contributed by atoms with van der Waals surface area (Å²) < 4.78 is 1.62. The molecule has 1 amide bonds. The van der Waals surface area contributed by atoms with Gasteiger partial charge in [-0.1, -0.05) is 6.07 Å². The van der Waals surface area contributed by atoms with E-state index in [2.05, 4.69) is 10.1 Å². The summed E-state index contributed by atoms with van der Waals surface area (Å²) >= 11 is 0. The van der Waals surface area contributed by atoms with E-state index >= 15 is 0 Å². The fourth-order valence-electron chi connectivity index (χ4n) is 3.08. The van der Waals surface area contributed by atoms with Gasteiger partial charge in [-0.3, -0.25) is 19.3 Å². The predicted octanol–water partition coefficient (Wildman–Crippen LogP) is 1.03. The van der Waals surface area contributed by atoms with E-state index in [0.717, 1.165) is 11.1 Å². The highest BCUT2D eigenvalue weighted by Crippen LogP contribution is 2.38. The number of nitrogens with zero attached hydrogens (tertiary/aromatic N) is 4. The van der Waals surface area contributed by atoms with Gasteiger partial charge < -0.3 is 10.0 Å². The number of carbonyl (C=O) groups excluding carboxylic acids is 1. The molecule has 2 aromatic rings. The second-order valence-corrected chi connectivity index (χ2v) is 5.74. The first-order valence-electron chi connectivity index (χ1n) is 7.46. The Balaban J connectivity index is 1.83. The van der Waals surface area contributed by atoms with Crippen LogP contribution in [0.25, 0.3) is 0 Å². The van der Waals surface area contributed by atoms with Crippen molar-refractivity contribution in [3.05, 3.63) is 48.0 Å². The Kier molecular flexibility index (Phi) is 4.10. The molecule has 1 N–H and O–H groups in total. The highest BCUT2D eigenvalue weighted by Gasteiger charge is 2.44. The van der Waals surface area contributed by atoms with Crippen molar-refractivity contribution in [2.24, 2.45) is 13.0 Å². The molecular formula is C16H18N4O3. The molecule has 3 rings (SSSR count). The maximum Gasteiger partial charge on any atom is 0.309 e. The van der Waals surface area contributed by atoms with Crippen LogP contribution >= 0.6 is 0 Å². The number of aliphatic carboxylic acids is 1. The van der Waals surface area contributed by atoms with E-state index in [1.54, 1.807) is 41.4 Å². The summed E-state index contributed by atoms with van der Waals surface area (Å²) in [5.41, 5.74) is 1.78. The van der Waals surface area contributed by atoms with Crippen LogP contribution in [0, 0.1) is 5.92 Å². The topological polar surface area (TPSA) is 88.3 Å². The van der Waals surface area contributed by atoms with E-state index in [1.165, 1.54) is 0 Å². The molecule has 7 heteroatoms. The quantitative estimate of drug-likeness (QED) is 0.890. The van der Waals surface area contributed by atoms with Crippen LogP contribution in [-0.2, 0) is 23.1 Å². The van der Waals surface area contributed by atoms with Gasteiger partial charge in [0.05, 0.1) is 18.2 Å². The number of rotatable bonds is 5. The lowest BCUT2D eigenvalue weighted by Gasteiger charge is -2.26. The first kappa shape index (κ1) is 15.2. The molecule has 0 unspecified atom stereocenters. The second kappa shape index (κ2) is 6.20. The normalized spacial score (nSPS) is 20.9. The van der Waals surface area contributed by atoms with Gasteiger partial charge in [-0.05, 0) is 18.1 Å². The van der Waals surface area contributed by atoms with Crippen molar-refractivity contribution in [2.45, 2.75) is 18.9 Å². The van der Waals surface area contributed by atoms with Crippen LogP contribution in [0.5, 0.6) is 0 Å². The van der Waals surface area contributed by atoms with E-state index in [4.69, 9.17) is 0 Å². The van der Waals surface area contributed by atoms with Crippen LogP contribution in [0.15, 0.2) is 36.9 Å². The lowest BCUT2D eigenvalue weighted by molar-refractivity contribution is -0.142. The molecule has 3 heterocycles.